The monoisotopic (exact) mass is 434 g/mol. The molecular formula is C19H19IN2O2. The van der Waals surface area contributed by atoms with Crippen LogP contribution in [0.2, 0.25) is 0 Å². The molecule has 124 valence electrons. The van der Waals surface area contributed by atoms with Gasteiger partial charge in [0.25, 0.3) is 0 Å². The third-order valence-corrected chi connectivity index (χ3v) is 4.84. The number of imidazole rings is 1. The van der Waals surface area contributed by atoms with Gasteiger partial charge in [-0.2, -0.15) is 0 Å². The molecule has 1 aromatic carbocycles. The number of ether oxygens (including phenoxy) is 1. The van der Waals surface area contributed by atoms with Crippen LogP contribution in [-0.4, -0.2) is 22.3 Å². The fourth-order valence-corrected chi connectivity index (χ4v) is 3.48. The van der Waals surface area contributed by atoms with Gasteiger partial charge in [0.1, 0.15) is 17.1 Å². The Morgan fingerprint density at radius 2 is 2.12 bits per heavy atom. The maximum absolute atomic E-state index is 13.2. The molecule has 0 radical (unpaired) electrons. The van der Waals surface area contributed by atoms with Gasteiger partial charge in [-0.15, -0.1) is 0 Å². The Kier molecular flexibility index (Phi) is 5.18. The zero-order valence-electron chi connectivity index (χ0n) is 13.8. The Balaban J connectivity index is 2.09. The number of carbonyl (C=O) groups is 1. The zero-order valence-corrected chi connectivity index (χ0v) is 15.9. The lowest BCUT2D eigenvalue weighted by atomic mass is 10.0. The van der Waals surface area contributed by atoms with Crippen molar-refractivity contribution in [3.8, 4) is 5.75 Å². The van der Waals surface area contributed by atoms with Crippen molar-refractivity contribution < 1.29 is 9.53 Å². The molecule has 0 bridgehead atoms. The minimum atomic E-state index is 0.000345. The summed E-state index contributed by atoms with van der Waals surface area (Å²) >= 11 is 2.19. The Labute approximate surface area is 155 Å². The van der Waals surface area contributed by atoms with Crippen LogP contribution in [0.3, 0.4) is 0 Å². The molecule has 4 nitrogen and oxygen atoms in total. The summed E-state index contributed by atoms with van der Waals surface area (Å²) in [4.78, 5) is 17.8. The van der Waals surface area contributed by atoms with Crippen LogP contribution in [0.5, 0.6) is 5.75 Å². The zero-order chi connectivity index (χ0) is 17.1. The van der Waals surface area contributed by atoms with E-state index in [4.69, 9.17) is 4.74 Å². The highest BCUT2D eigenvalue weighted by atomic mass is 127. The van der Waals surface area contributed by atoms with Crippen LogP contribution < -0.4 is 4.74 Å². The van der Waals surface area contributed by atoms with E-state index in [0.29, 0.717) is 11.3 Å². The molecule has 0 aliphatic carbocycles. The summed E-state index contributed by atoms with van der Waals surface area (Å²) < 4.78 is 8.10. The van der Waals surface area contributed by atoms with Crippen molar-refractivity contribution in [2.75, 3.05) is 7.11 Å². The van der Waals surface area contributed by atoms with Gasteiger partial charge in [0.15, 0.2) is 0 Å². The average Bonchev–Trinajstić information content (AvgIpc) is 2.97. The number of pyridine rings is 1. The Morgan fingerprint density at radius 1 is 1.29 bits per heavy atom. The largest absolute Gasteiger partial charge is 0.496 e. The lowest BCUT2D eigenvalue weighted by Crippen LogP contribution is -2.09. The van der Waals surface area contributed by atoms with Gasteiger partial charge in [-0.25, -0.2) is 4.98 Å². The summed E-state index contributed by atoms with van der Waals surface area (Å²) in [6, 6.07) is 11.3. The van der Waals surface area contributed by atoms with E-state index in [1.807, 2.05) is 47.0 Å². The van der Waals surface area contributed by atoms with E-state index in [1.165, 1.54) is 0 Å². The van der Waals surface area contributed by atoms with Gasteiger partial charge in [-0.1, -0.05) is 19.4 Å². The SMILES string of the molecule is CCCCc1nc2ccccn2c1C(=O)c1ccc(OC)c(I)c1. The van der Waals surface area contributed by atoms with Gasteiger partial charge in [-0.05, 0) is 65.8 Å². The molecule has 0 saturated heterocycles. The fourth-order valence-electron chi connectivity index (χ4n) is 2.75. The number of aromatic nitrogens is 2. The molecule has 0 amide bonds. The van der Waals surface area contributed by atoms with Crippen molar-refractivity contribution in [1.82, 2.24) is 9.38 Å². The number of carbonyl (C=O) groups excluding carboxylic acids is 1. The van der Waals surface area contributed by atoms with Gasteiger partial charge in [0, 0.05) is 11.8 Å². The number of fused-ring (bicyclic) bond motifs is 1. The molecule has 0 atom stereocenters. The molecule has 2 heterocycles. The molecular weight excluding hydrogens is 415 g/mol. The van der Waals surface area contributed by atoms with Crippen LogP contribution >= 0.6 is 22.6 Å². The molecule has 0 fully saturated rings. The fraction of sp³-hybridized carbons (Fsp3) is 0.263. The first kappa shape index (κ1) is 17.0. The first-order valence-electron chi connectivity index (χ1n) is 8.00. The van der Waals surface area contributed by atoms with Gasteiger partial charge >= 0.3 is 0 Å². The third kappa shape index (κ3) is 3.17. The van der Waals surface area contributed by atoms with E-state index in [2.05, 4.69) is 34.5 Å². The number of unbranched alkanes of at least 4 members (excludes halogenated alkanes) is 1. The van der Waals surface area contributed by atoms with Crippen molar-refractivity contribution in [3.05, 3.63) is 63.1 Å². The van der Waals surface area contributed by atoms with E-state index in [1.54, 1.807) is 7.11 Å². The van der Waals surface area contributed by atoms with Crippen LogP contribution in [-0.2, 0) is 6.42 Å². The molecule has 5 heteroatoms. The number of rotatable bonds is 6. The molecule has 2 aromatic heterocycles. The Morgan fingerprint density at radius 3 is 2.83 bits per heavy atom. The van der Waals surface area contributed by atoms with Crippen molar-refractivity contribution >= 4 is 34.0 Å². The maximum Gasteiger partial charge on any atom is 0.211 e. The number of hydrogen-bond donors (Lipinski definition) is 0. The van der Waals surface area contributed by atoms with E-state index >= 15 is 0 Å². The standard InChI is InChI=1S/C19H19IN2O2/c1-3-4-7-15-18(22-11-6-5-8-17(22)21-15)19(23)13-9-10-16(24-2)14(20)12-13/h5-6,8-12H,3-4,7H2,1-2H3. The summed E-state index contributed by atoms with van der Waals surface area (Å²) in [6.45, 7) is 2.14. The van der Waals surface area contributed by atoms with Crippen LogP contribution in [0.15, 0.2) is 42.6 Å². The number of halogens is 1. The quantitative estimate of drug-likeness (QED) is 0.423. The smallest absolute Gasteiger partial charge is 0.211 e. The molecule has 0 N–H and O–H groups in total. The van der Waals surface area contributed by atoms with Crippen LogP contribution in [0, 0.1) is 3.57 Å². The van der Waals surface area contributed by atoms with Crippen molar-refractivity contribution in [1.29, 1.82) is 0 Å². The second-order valence-corrected chi connectivity index (χ2v) is 6.78. The summed E-state index contributed by atoms with van der Waals surface area (Å²) in [5.74, 6) is 0.775. The number of methoxy groups -OCH3 is 1. The molecule has 0 aliphatic rings. The lowest BCUT2D eigenvalue weighted by molar-refractivity contribution is 0.103. The second-order valence-electron chi connectivity index (χ2n) is 5.62. The van der Waals surface area contributed by atoms with E-state index < -0.39 is 0 Å². The number of ketones is 1. The van der Waals surface area contributed by atoms with Gasteiger partial charge < -0.3 is 4.74 Å². The molecule has 0 aliphatic heterocycles. The van der Waals surface area contributed by atoms with Crippen LogP contribution in [0.4, 0.5) is 0 Å². The average molecular weight is 434 g/mol. The summed E-state index contributed by atoms with van der Waals surface area (Å²) in [5, 5.41) is 0. The first-order valence-corrected chi connectivity index (χ1v) is 9.07. The molecule has 24 heavy (non-hydrogen) atoms. The van der Waals surface area contributed by atoms with E-state index in [-0.39, 0.29) is 5.78 Å². The summed E-state index contributed by atoms with van der Waals surface area (Å²) in [6.07, 6.45) is 4.80. The predicted octanol–water partition coefficient (Wildman–Crippen LogP) is 4.52. The minimum absolute atomic E-state index is 0.000345. The summed E-state index contributed by atoms with van der Waals surface area (Å²) in [5.41, 5.74) is 3.01. The number of benzene rings is 1. The van der Waals surface area contributed by atoms with Crippen LogP contribution in [0.1, 0.15) is 41.5 Å². The van der Waals surface area contributed by atoms with Gasteiger partial charge in [0.05, 0.1) is 16.4 Å². The number of hydrogen-bond acceptors (Lipinski definition) is 3. The highest BCUT2D eigenvalue weighted by molar-refractivity contribution is 14.1. The summed E-state index contributed by atoms with van der Waals surface area (Å²) in [7, 11) is 1.63. The second kappa shape index (κ2) is 7.34. The molecule has 3 aromatic rings. The maximum atomic E-state index is 13.2. The predicted molar refractivity (Wildman–Crippen MR) is 103 cm³/mol. The van der Waals surface area contributed by atoms with Gasteiger partial charge in [-0.3, -0.25) is 9.20 Å². The first-order chi connectivity index (χ1) is 11.7. The van der Waals surface area contributed by atoms with E-state index in [0.717, 1.165) is 39.9 Å². The van der Waals surface area contributed by atoms with Crippen molar-refractivity contribution in [2.45, 2.75) is 26.2 Å². The lowest BCUT2D eigenvalue weighted by Gasteiger charge is -2.07. The molecule has 3 rings (SSSR count). The van der Waals surface area contributed by atoms with E-state index in [9.17, 15) is 4.79 Å². The molecule has 0 spiro atoms. The Bertz CT molecular complexity index is 886. The highest BCUT2D eigenvalue weighted by Gasteiger charge is 2.21. The van der Waals surface area contributed by atoms with Crippen LogP contribution in [0.25, 0.3) is 5.65 Å². The number of aryl methyl sites for hydroxylation is 1. The highest BCUT2D eigenvalue weighted by Crippen LogP contribution is 2.25. The molecule has 0 saturated carbocycles. The van der Waals surface area contributed by atoms with Gasteiger partial charge in [0.2, 0.25) is 5.78 Å². The number of nitrogens with zero attached hydrogens (tertiary/aromatic N) is 2. The third-order valence-electron chi connectivity index (χ3n) is 4.00. The van der Waals surface area contributed by atoms with Crippen molar-refractivity contribution in [3.63, 3.8) is 0 Å². The minimum Gasteiger partial charge on any atom is -0.496 e. The molecule has 0 unspecified atom stereocenters. The van der Waals surface area contributed by atoms with Crippen molar-refractivity contribution in [2.24, 2.45) is 0 Å². The normalized spacial score (nSPS) is 11.0. The Hall–Kier alpha value is -1.89. The topological polar surface area (TPSA) is 43.6 Å².